The van der Waals surface area contributed by atoms with Gasteiger partial charge in [0.1, 0.15) is 0 Å². The SMILES string of the molecule is COC1(CN(C)C(C)C)CCN(Cc2ccccc2)C1. The Hall–Kier alpha value is -0.900. The molecule has 2 rings (SSSR count). The largest absolute Gasteiger partial charge is 0.376 e. The molecule has 1 saturated heterocycles. The molecule has 3 heteroatoms. The van der Waals surface area contributed by atoms with Gasteiger partial charge in [0.2, 0.25) is 0 Å². The minimum absolute atomic E-state index is 0.00615. The van der Waals surface area contributed by atoms with Gasteiger partial charge < -0.3 is 9.64 Å². The Kier molecular flexibility index (Phi) is 5.19. The van der Waals surface area contributed by atoms with Crippen LogP contribution in [-0.4, -0.2) is 55.2 Å². The fourth-order valence-electron chi connectivity index (χ4n) is 2.90. The van der Waals surface area contributed by atoms with Crippen molar-refractivity contribution in [2.75, 3.05) is 33.8 Å². The second kappa shape index (κ2) is 6.70. The van der Waals surface area contributed by atoms with Crippen LogP contribution in [0.5, 0.6) is 0 Å². The van der Waals surface area contributed by atoms with Crippen molar-refractivity contribution in [3.8, 4) is 0 Å². The number of hydrogen-bond donors (Lipinski definition) is 0. The molecule has 1 unspecified atom stereocenters. The Labute approximate surface area is 123 Å². The predicted molar refractivity (Wildman–Crippen MR) is 83.8 cm³/mol. The molecule has 1 heterocycles. The molecule has 0 spiro atoms. The van der Waals surface area contributed by atoms with E-state index in [1.807, 2.05) is 7.11 Å². The summed E-state index contributed by atoms with van der Waals surface area (Å²) in [6.07, 6.45) is 1.12. The van der Waals surface area contributed by atoms with Crippen molar-refractivity contribution in [3.05, 3.63) is 35.9 Å². The number of nitrogens with zero attached hydrogens (tertiary/aromatic N) is 2. The van der Waals surface area contributed by atoms with Crippen LogP contribution >= 0.6 is 0 Å². The molecule has 1 atom stereocenters. The third-order valence-electron chi connectivity index (χ3n) is 4.50. The summed E-state index contributed by atoms with van der Waals surface area (Å²) in [7, 11) is 4.05. The Balaban J connectivity index is 1.95. The number of likely N-dealkylation sites (tertiary alicyclic amines) is 1. The summed E-state index contributed by atoms with van der Waals surface area (Å²) < 4.78 is 5.90. The lowest BCUT2D eigenvalue weighted by Crippen LogP contribution is -2.47. The van der Waals surface area contributed by atoms with Crippen molar-refractivity contribution in [1.29, 1.82) is 0 Å². The van der Waals surface area contributed by atoms with Crippen LogP contribution in [0.3, 0.4) is 0 Å². The highest BCUT2D eigenvalue weighted by atomic mass is 16.5. The van der Waals surface area contributed by atoms with Gasteiger partial charge in [-0.15, -0.1) is 0 Å². The molecular weight excluding hydrogens is 248 g/mol. The van der Waals surface area contributed by atoms with Gasteiger partial charge >= 0.3 is 0 Å². The molecule has 1 aliphatic heterocycles. The van der Waals surface area contributed by atoms with Gasteiger partial charge in [0.05, 0.1) is 5.60 Å². The summed E-state index contributed by atoms with van der Waals surface area (Å²) in [6.45, 7) is 8.65. The second-order valence-electron chi connectivity index (χ2n) is 6.34. The Bertz CT molecular complexity index is 407. The minimum Gasteiger partial charge on any atom is -0.376 e. The van der Waals surface area contributed by atoms with Gasteiger partial charge in [0.15, 0.2) is 0 Å². The molecular formula is C17H28N2O. The minimum atomic E-state index is -0.00615. The summed E-state index contributed by atoms with van der Waals surface area (Å²) in [5.41, 5.74) is 1.38. The quantitative estimate of drug-likeness (QED) is 0.794. The highest BCUT2D eigenvalue weighted by Gasteiger charge is 2.39. The molecule has 1 fully saturated rings. The molecule has 0 amide bonds. The molecule has 3 nitrogen and oxygen atoms in total. The van der Waals surface area contributed by atoms with E-state index in [0.717, 1.165) is 32.6 Å². The van der Waals surface area contributed by atoms with Crippen LogP contribution in [0, 0.1) is 0 Å². The molecule has 0 bridgehead atoms. The first kappa shape index (κ1) is 15.5. The predicted octanol–water partition coefficient (Wildman–Crippen LogP) is 2.62. The van der Waals surface area contributed by atoms with Gasteiger partial charge in [-0.3, -0.25) is 4.90 Å². The van der Waals surface area contributed by atoms with E-state index in [4.69, 9.17) is 4.74 Å². The van der Waals surface area contributed by atoms with E-state index in [9.17, 15) is 0 Å². The van der Waals surface area contributed by atoms with Crippen LogP contribution in [0.1, 0.15) is 25.8 Å². The fraction of sp³-hybridized carbons (Fsp3) is 0.647. The molecule has 1 aromatic rings. The number of hydrogen-bond acceptors (Lipinski definition) is 3. The summed E-state index contributed by atoms with van der Waals surface area (Å²) in [6, 6.07) is 11.3. The molecule has 0 radical (unpaired) electrons. The van der Waals surface area contributed by atoms with Crippen LogP contribution in [0.2, 0.25) is 0 Å². The van der Waals surface area contributed by atoms with E-state index in [-0.39, 0.29) is 5.60 Å². The van der Waals surface area contributed by atoms with Crippen LogP contribution in [-0.2, 0) is 11.3 Å². The fourth-order valence-corrected chi connectivity index (χ4v) is 2.90. The standard InChI is InChI=1S/C17H28N2O/c1-15(2)18(3)13-17(20-4)10-11-19(14-17)12-16-8-6-5-7-9-16/h5-9,15H,10-14H2,1-4H3. The molecule has 0 aliphatic carbocycles. The third kappa shape index (κ3) is 3.81. The van der Waals surface area contributed by atoms with E-state index < -0.39 is 0 Å². The van der Waals surface area contributed by atoms with Crippen molar-refractivity contribution < 1.29 is 4.74 Å². The van der Waals surface area contributed by atoms with Crippen molar-refractivity contribution >= 4 is 0 Å². The van der Waals surface area contributed by atoms with Gasteiger partial charge in [-0.2, -0.15) is 0 Å². The first-order valence-electron chi connectivity index (χ1n) is 7.56. The maximum Gasteiger partial charge on any atom is 0.0943 e. The van der Waals surface area contributed by atoms with Gasteiger partial charge in [-0.1, -0.05) is 30.3 Å². The van der Waals surface area contributed by atoms with Crippen LogP contribution in [0.15, 0.2) is 30.3 Å². The normalized spacial score (nSPS) is 23.9. The maximum absolute atomic E-state index is 5.90. The molecule has 0 N–H and O–H groups in total. The van der Waals surface area contributed by atoms with E-state index in [1.165, 1.54) is 5.56 Å². The smallest absolute Gasteiger partial charge is 0.0943 e. The van der Waals surface area contributed by atoms with E-state index in [1.54, 1.807) is 0 Å². The van der Waals surface area contributed by atoms with E-state index in [0.29, 0.717) is 6.04 Å². The molecule has 0 aromatic heterocycles. The molecule has 1 aliphatic rings. The molecule has 20 heavy (non-hydrogen) atoms. The first-order valence-corrected chi connectivity index (χ1v) is 7.56. The summed E-state index contributed by atoms with van der Waals surface area (Å²) in [5.74, 6) is 0. The van der Waals surface area contributed by atoms with Gasteiger partial charge in [0.25, 0.3) is 0 Å². The lowest BCUT2D eigenvalue weighted by Gasteiger charge is -2.34. The third-order valence-corrected chi connectivity index (χ3v) is 4.50. The zero-order chi connectivity index (χ0) is 14.6. The van der Waals surface area contributed by atoms with Crippen molar-refractivity contribution in [1.82, 2.24) is 9.80 Å². The van der Waals surface area contributed by atoms with E-state index in [2.05, 4.69) is 61.0 Å². The monoisotopic (exact) mass is 276 g/mol. The maximum atomic E-state index is 5.90. The summed E-state index contributed by atoms with van der Waals surface area (Å²) >= 11 is 0. The van der Waals surface area contributed by atoms with Crippen molar-refractivity contribution in [3.63, 3.8) is 0 Å². The lowest BCUT2D eigenvalue weighted by atomic mass is 10.0. The Morgan fingerprint density at radius 3 is 2.60 bits per heavy atom. The highest BCUT2D eigenvalue weighted by molar-refractivity contribution is 5.15. The van der Waals surface area contributed by atoms with Crippen LogP contribution in [0.25, 0.3) is 0 Å². The number of rotatable bonds is 6. The van der Waals surface area contributed by atoms with Gasteiger partial charge in [-0.05, 0) is 32.9 Å². The lowest BCUT2D eigenvalue weighted by molar-refractivity contribution is -0.0291. The number of benzene rings is 1. The van der Waals surface area contributed by atoms with Crippen LogP contribution < -0.4 is 0 Å². The van der Waals surface area contributed by atoms with Crippen molar-refractivity contribution in [2.24, 2.45) is 0 Å². The zero-order valence-electron chi connectivity index (χ0n) is 13.3. The Morgan fingerprint density at radius 1 is 1.30 bits per heavy atom. The number of ether oxygens (including phenoxy) is 1. The molecule has 1 aromatic carbocycles. The average molecular weight is 276 g/mol. The number of likely N-dealkylation sites (N-methyl/N-ethyl adjacent to an activating group) is 1. The van der Waals surface area contributed by atoms with Gasteiger partial charge in [0, 0.05) is 39.3 Å². The zero-order valence-corrected chi connectivity index (χ0v) is 13.3. The first-order chi connectivity index (χ1) is 9.54. The van der Waals surface area contributed by atoms with E-state index >= 15 is 0 Å². The summed E-state index contributed by atoms with van der Waals surface area (Å²) in [4.78, 5) is 4.89. The summed E-state index contributed by atoms with van der Waals surface area (Å²) in [5, 5.41) is 0. The molecule has 0 saturated carbocycles. The average Bonchev–Trinajstić information content (AvgIpc) is 2.83. The van der Waals surface area contributed by atoms with Crippen LogP contribution in [0.4, 0.5) is 0 Å². The van der Waals surface area contributed by atoms with Gasteiger partial charge in [-0.25, -0.2) is 0 Å². The molecule has 112 valence electrons. The second-order valence-corrected chi connectivity index (χ2v) is 6.34. The topological polar surface area (TPSA) is 15.7 Å². The Morgan fingerprint density at radius 2 is 2.00 bits per heavy atom. The highest BCUT2D eigenvalue weighted by Crippen LogP contribution is 2.27. The number of methoxy groups -OCH3 is 1. The van der Waals surface area contributed by atoms with Crippen molar-refractivity contribution in [2.45, 2.75) is 38.5 Å².